The molecule has 13 heavy (non-hydrogen) atoms. The molecule has 0 saturated heterocycles. The van der Waals surface area contributed by atoms with Crippen LogP contribution < -0.4 is 0 Å². The van der Waals surface area contributed by atoms with Crippen LogP contribution >= 0.6 is 11.8 Å². The number of phenolic OH excluding ortho intramolecular Hbond substituents is 1. The predicted molar refractivity (Wildman–Crippen MR) is 51.3 cm³/mol. The maximum Gasteiger partial charge on any atom is 0.312 e. The lowest BCUT2D eigenvalue weighted by atomic mass is 10.2. The Morgan fingerprint density at radius 3 is 2.62 bits per heavy atom. The van der Waals surface area contributed by atoms with Gasteiger partial charge < -0.3 is 5.11 Å². The number of rotatable bonds is 2. The molecule has 1 rings (SSSR count). The normalized spacial score (nSPS) is 10.0. The molecular weight excluding hydrogens is 190 g/mol. The van der Waals surface area contributed by atoms with Crippen LogP contribution in [-0.4, -0.2) is 16.3 Å². The molecule has 0 fully saturated rings. The van der Waals surface area contributed by atoms with E-state index in [4.69, 9.17) is 0 Å². The topological polar surface area (TPSA) is 63.4 Å². The van der Waals surface area contributed by atoms with Gasteiger partial charge in [0.15, 0.2) is 5.75 Å². The number of benzene rings is 1. The number of hydrogen-bond acceptors (Lipinski definition) is 4. The zero-order valence-electron chi connectivity index (χ0n) is 7.27. The molecule has 70 valence electrons. The van der Waals surface area contributed by atoms with Gasteiger partial charge in [-0.2, -0.15) is 0 Å². The van der Waals surface area contributed by atoms with Crippen LogP contribution in [0.5, 0.6) is 5.75 Å². The third-order valence-corrected chi connectivity index (χ3v) is 2.39. The van der Waals surface area contributed by atoms with Gasteiger partial charge in [-0.15, -0.1) is 11.8 Å². The number of thioether (sulfide) groups is 1. The van der Waals surface area contributed by atoms with Crippen molar-refractivity contribution >= 4 is 17.4 Å². The summed E-state index contributed by atoms with van der Waals surface area (Å²) in [5, 5.41) is 19.8. The first-order valence-corrected chi connectivity index (χ1v) is 4.80. The number of aryl methyl sites for hydroxylation is 1. The third-order valence-electron chi connectivity index (χ3n) is 1.69. The fourth-order valence-electron chi connectivity index (χ4n) is 0.986. The Bertz CT molecular complexity index is 351. The van der Waals surface area contributed by atoms with Crippen LogP contribution in [0.3, 0.4) is 0 Å². The molecule has 0 heterocycles. The Hall–Kier alpha value is -1.23. The summed E-state index contributed by atoms with van der Waals surface area (Å²) in [6, 6.07) is 3.08. The summed E-state index contributed by atoms with van der Waals surface area (Å²) in [6.45, 7) is 1.64. The van der Waals surface area contributed by atoms with Crippen molar-refractivity contribution in [3.63, 3.8) is 0 Å². The number of phenols is 1. The number of nitrogens with zero attached hydrogens (tertiary/aromatic N) is 1. The molecule has 0 atom stereocenters. The highest BCUT2D eigenvalue weighted by molar-refractivity contribution is 7.98. The summed E-state index contributed by atoms with van der Waals surface area (Å²) in [5.74, 6) is -0.247. The van der Waals surface area contributed by atoms with Crippen LogP contribution in [0.25, 0.3) is 0 Å². The fourth-order valence-corrected chi connectivity index (χ4v) is 1.51. The van der Waals surface area contributed by atoms with Gasteiger partial charge in [-0.25, -0.2) is 0 Å². The third kappa shape index (κ3) is 1.92. The van der Waals surface area contributed by atoms with Crippen LogP contribution in [0.1, 0.15) is 5.56 Å². The fraction of sp³-hybridized carbons (Fsp3) is 0.250. The van der Waals surface area contributed by atoms with E-state index in [0.717, 1.165) is 4.90 Å². The summed E-state index contributed by atoms with van der Waals surface area (Å²) in [5.41, 5.74) is 0.294. The summed E-state index contributed by atoms with van der Waals surface area (Å²) >= 11 is 1.41. The number of nitro groups is 1. The highest BCUT2D eigenvalue weighted by Crippen LogP contribution is 2.33. The van der Waals surface area contributed by atoms with Gasteiger partial charge in [0.2, 0.25) is 0 Å². The maximum absolute atomic E-state index is 10.5. The number of nitro benzene ring substituents is 1. The van der Waals surface area contributed by atoms with Crippen molar-refractivity contribution in [3.05, 3.63) is 27.8 Å². The van der Waals surface area contributed by atoms with Gasteiger partial charge in [-0.3, -0.25) is 10.1 Å². The van der Waals surface area contributed by atoms with Gasteiger partial charge in [0.05, 0.1) is 4.92 Å². The molecule has 0 aliphatic rings. The molecule has 0 unspecified atom stereocenters. The van der Waals surface area contributed by atoms with Gasteiger partial charge >= 0.3 is 5.69 Å². The molecule has 0 amide bonds. The van der Waals surface area contributed by atoms with Crippen LogP contribution in [-0.2, 0) is 0 Å². The van der Waals surface area contributed by atoms with Crippen LogP contribution in [0.15, 0.2) is 17.0 Å². The SMILES string of the molecule is CSc1cc(C)c(O)c([N+](=O)[O-])c1. The Balaban J connectivity index is 3.33. The van der Waals surface area contributed by atoms with Crippen molar-refractivity contribution in [2.45, 2.75) is 11.8 Å². The molecule has 1 N–H and O–H groups in total. The second kappa shape index (κ2) is 3.66. The molecule has 1 aromatic carbocycles. The standard InChI is InChI=1S/C8H9NO3S/c1-5-3-6(13-2)4-7(8(5)10)9(11)12/h3-4,10H,1-2H3. The highest BCUT2D eigenvalue weighted by Gasteiger charge is 2.16. The van der Waals surface area contributed by atoms with Crippen molar-refractivity contribution in [1.82, 2.24) is 0 Å². The van der Waals surface area contributed by atoms with E-state index >= 15 is 0 Å². The second-order valence-electron chi connectivity index (χ2n) is 2.57. The zero-order chi connectivity index (χ0) is 10.0. The van der Waals surface area contributed by atoms with Gasteiger partial charge in [0.1, 0.15) is 0 Å². The van der Waals surface area contributed by atoms with Crippen molar-refractivity contribution in [1.29, 1.82) is 0 Å². The Morgan fingerprint density at radius 2 is 2.15 bits per heavy atom. The van der Waals surface area contributed by atoms with Gasteiger partial charge in [-0.05, 0) is 24.8 Å². The van der Waals surface area contributed by atoms with E-state index in [1.807, 2.05) is 6.26 Å². The van der Waals surface area contributed by atoms with Gasteiger partial charge in [-0.1, -0.05) is 0 Å². The molecule has 0 aromatic heterocycles. The van der Waals surface area contributed by atoms with Crippen LogP contribution in [0.4, 0.5) is 5.69 Å². The minimum absolute atomic E-state index is 0.232. The van der Waals surface area contributed by atoms with E-state index in [-0.39, 0.29) is 11.4 Å². The first kappa shape index (κ1) is 9.85. The molecule has 5 heteroatoms. The summed E-state index contributed by atoms with van der Waals surface area (Å²) < 4.78 is 0. The number of aromatic hydroxyl groups is 1. The molecule has 4 nitrogen and oxygen atoms in total. The van der Waals surface area contributed by atoms with E-state index in [9.17, 15) is 15.2 Å². The smallest absolute Gasteiger partial charge is 0.312 e. The molecular formula is C8H9NO3S. The lowest BCUT2D eigenvalue weighted by molar-refractivity contribution is -0.386. The average molecular weight is 199 g/mol. The first-order chi connectivity index (χ1) is 6.06. The highest BCUT2D eigenvalue weighted by atomic mass is 32.2. The zero-order valence-corrected chi connectivity index (χ0v) is 8.09. The lowest BCUT2D eigenvalue weighted by Gasteiger charge is -2.02. The second-order valence-corrected chi connectivity index (χ2v) is 3.45. The molecule has 1 aromatic rings. The predicted octanol–water partition coefficient (Wildman–Crippen LogP) is 2.33. The van der Waals surface area contributed by atoms with Crippen molar-refractivity contribution in [3.8, 4) is 5.75 Å². The average Bonchev–Trinajstić information content (AvgIpc) is 2.09. The van der Waals surface area contributed by atoms with Gasteiger partial charge in [0.25, 0.3) is 0 Å². The Labute approximate surface area is 79.7 Å². The van der Waals surface area contributed by atoms with Crippen molar-refractivity contribution in [2.75, 3.05) is 6.26 Å². The molecule has 0 aliphatic heterocycles. The van der Waals surface area contributed by atoms with E-state index in [2.05, 4.69) is 0 Å². The van der Waals surface area contributed by atoms with E-state index < -0.39 is 4.92 Å². The molecule has 0 spiro atoms. The maximum atomic E-state index is 10.5. The molecule has 0 radical (unpaired) electrons. The Kier molecular flexibility index (Phi) is 2.77. The monoisotopic (exact) mass is 199 g/mol. The van der Waals surface area contributed by atoms with Crippen molar-refractivity contribution in [2.24, 2.45) is 0 Å². The molecule has 0 aliphatic carbocycles. The summed E-state index contributed by atoms with van der Waals surface area (Å²) in [4.78, 5) is 10.7. The quantitative estimate of drug-likeness (QED) is 0.451. The molecule has 0 bridgehead atoms. The van der Waals surface area contributed by atoms with E-state index in [1.54, 1.807) is 13.0 Å². The minimum atomic E-state index is -0.581. The van der Waals surface area contributed by atoms with Crippen LogP contribution in [0.2, 0.25) is 0 Å². The Morgan fingerprint density at radius 1 is 1.54 bits per heavy atom. The van der Waals surface area contributed by atoms with Gasteiger partial charge in [0, 0.05) is 11.0 Å². The van der Waals surface area contributed by atoms with E-state index in [0.29, 0.717) is 5.56 Å². The largest absolute Gasteiger partial charge is 0.502 e. The summed E-state index contributed by atoms with van der Waals surface area (Å²) in [7, 11) is 0. The molecule has 0 saturated carbocycles. The lowest BCUT2D eigenvalue weighted by Crippen LogP contribution is -1.90. The minimum Gasteiger partial charge on any atom is -0.502 e. The van der Waals surface area contributed by atoms with Crippen molar-refractivity contribution < 1.29 is 10.0 Å². The number of hydrogen-bond donors (Lipinski definition) is 1. The van der Waals surface area contributed by atoms with E-state index in [1.165, 1.54) is 17.8 Å². The summed E-state index contributed by atoms with van der Waals surface area (Å²) in [6.07, 6.45) is 1.83. The first-order valence-electron chi connectivity index (χ1n) is 3.58. The van der Waals surface area contributed by atoms with Crippen LogP contribution in [0, 0.1) is 17.0 Å².